The van der Waals surface area contributed by atoms with E-state index in [-0.39, 0.29) is 0 Å². The number of aryl methyl sites for hydroxylation is 1. The van der Waals surface area contributed by atoms with Gasteiger partial charge in [-0.05, 0) is 54.5 Å². The summed E-state index contributed by atoms with van der Waals surface area (Å²) in [5.41, 5.74) is 10.9. The molecule has 1 aromatic rings. The summed E-state index contributed by atoms with van der Waals surface area (Å²) in [7, 11) is 0. The highest BCUT2D eigenvalue weighted by Crippen LogP contribution is 2.34. The number of fused-ring (bicyclic) bond motifs is 1. The first-order chi connectivity index (χ1) is 7.83. The van der Waals surface area contributed by atoms with Gasteiger partial charge in [0.1, 0.15) is 0 Å². The van der Waals surface area contributed by atoms with Crippen molar-refractivity contribution in [2.75, 3.05) is 12.3 Å². The lowest BCUT2D eigenvalue weighted by atomic mass is 10.0. The van der Waals surface area contributed by atoms with E-state index in [2.05, 4.69) is 18.2 Å². The second-order valence-corrected chi connectivity index (χ2v) is 4.66. The molecule has 84 valence electrons. The molecule has 1 aliphatic carbocycles. The molecule has 2 heteroatoms. The van der Waals surface area contributed by atoms with Crippen molar-refractivity contribution in [2.45, 2.75) is 31.8 Å². The average Bonchev–Trinajstić information content (AvgIpc) is 2.89. The lowest BCUT2D eigenvalue weighted by molar-refractivity contribution is 0.146. The lowest BCUT2D eigenvalue weighted by Gasteiger charge is -2.06. The Labute approximate surface area is 96.1 Å². The summed E-state index contributed by atoms with van der Waals surface area (Å²) >= 11 is 0. The zero-order valence-electron chi connectivity index (χ0n) is 9.41. The van der Waals surface area contributed by atoms with E-state index in [1.807, 2.05) is 6.07 Å². The number of benzene rings is 1. The van der Waals surface area contributed by atoms with Crippen molar-refractivity contribution >= 4 is 11.3 Å². The average molecular weight is 215 g/mol. The van der Waals surface area contributed by atoms with E-state index in [0.717, 1.165) is 25.1 Å². The molecule has 1 aromatic carbocycles. The lowest BCUT2D eigenvalue weighted by Crippen LogP contribution is -2.00. The van der Waals surface area contributed by atoms with Crippen molar-refractivity contribution < 1.29 is 4.74 Å². The van der Waals surface area contributed by atoms with Crippen LogP contribution in [0.25, 0.3) is 5.57 Å². The van der Waals surface area contributed by atoms with Crippen molar-refractivity contribution in [1.29, 1.82) is 0 Å². The van der Waals surface area contributed by atoms with E-state index in [1.165, 1.54) is 29.5 Å². The first-order valence-electron chi connectivity index (χ1n) is 6.04. The summed E-state index contributed by atoms with van der Waals surface area (Å²) < 4.78 is 5.65. The van der Waals surface area contributed by atoms with Gasteiger partial charge in [-0.1, -0.05) is 12.1 Å². The summed E-state index contributed by atoms with van der Waals surface area (Å²) in [4.78, 5) is 0. The quantitative estimate of drug-likeness (QED) is 0.731. The Hall–Kier alpha value is -1.28. The molecule has 0 saturated carbocycles. The highest BCUT2D eigenvalue weighted by molar-refractivity contribution is 5.74. The van der Waals surface area contributed by atoms with E-state index < -0.39 is 0 Å². The predicted octanol–water partition coefficient (Wildman–Crippen LogP) is 2.78. The van der Waals surface area contributed by atoms with Gasteiger partial charge in [-0.15, -0.1) is 0 Å². The molecule has 0 aromatic heterocycles. The molecule has 2 aliphatic rings. The number of ether oxygens (including phenoxy) is 1. The molecule has 3 rings (SSSR count). The van der Waals surface area contributed by atoms with Gasteiger partial charge in [-0.2, -0.15) is 0 Å². The second kappa shape index (κ2) is 3.95. The van der Waals surface area contributed by atoms with Gasteiger partial charge in [-0.25, -0.2) is 0 Å². The van der Waals surface area contributed by atoms with Gasteiger partial charge in [0.15, 0.2) is 0 Å². The zero-order valence-corrected chi connectivity index (χ0v) is 9.41. The molecule has 0 bridgehead atoms. The standard InChI is InChI=1S/C14H17NO/c15-12-5-6-14-10(8-12)3-4-11(14)9-13-2-1-7-16-13/h5-6,8-9,13H,1-4,7,15H2/b11-9+. The maximum absolute atomic E-state index is 5.80. The number of nitrogen functional groups attached to an aromatic ring is 1. The number of hydrogen-bond donors (Lipinski definition) is 1. The fraction of sp³-hybridized carbons (Fsp3) is 0.429. The van der Waals surface area contributed by atoms with Crippen LogP contribution < -0.4 is 5.73 Å². The molecule has 0 amide bonds. The topological polar surface area (TPSA) is 35.2 Å². The first-order valence-corrected chi connectivity index (χ1v) is 6.04. The molecule has 2 nitrogen and oxygen atoms in total. The Balaban J connectivity index is 1.90. The van der Waals surface area contributed by atoms with Crippen molar-refractivity contribution in [1.82, 2.24) is 0 Å². The molecule has 1 aliphatic heterocycles. The number of nitrogens with two attached hydrogens (primary N) is 1. The molecule has 16 heavy (non-hydrogen) atoms. The van der Waals surface area contributed by atoms with Gasteiger partial charge in [0.2, 0.25) is 0 Å². The summed E-state index contributed by atoms with van der Waals surface area (Å²) in [5, 5.41) is 0. The van der Waals surface area contributed by atoms with Crippen LogP contribution in [0.3, 0.4) is 0 Å². The van der Waals surface area contributed by atoms with E-state index in [1.54, 1.807) is 0 Å². The molecule has 1 fully saturated rings. The summed E-state index contributed by atoms with van der Waals surface area (Å²) in [5.74, 6) is 0. The van der Waals surface area contributed by atoms with Crippen LogP contribution >= 0.6 is 0 Å². The number of hydrogen-bond acceptors (Lipinski definition) is 2. The maximum Gasteiger partial charge on any atom is 0.0762 e. The molecular formula is C14H17NO. The molecular weight excluding hydrogens is 198 g/mol. The van der Waals surface area contributed by atoms with Crippen molar-refractivity contribution in [2.24, 2.45) is 0 Å². The maximum atomic E-state index is 5.80. The smallest absolute Gasteiger partial charge is 0.0762 e. The molecule has 1 unspecified atom stereocenters. The van der Waals surface area contributed by atoms with E-state index in [9.17, 15) is 0 Å². The predicted molar refractivity (Wildman–Crippen MR) is 66.1 cm³/mol. The molecule has 1 atom stereocenters. The van der Waals surface area contributed by atoms with Crippen LogP contribution in [0, 0.1) is 0 Å². The molecule has 1 saturated heterocycles. The normalized spacial score (nSPS) is 26.2. The minimum Gasteiger partial charge on any atom is -0.399 e. The summed E-state index contributed by atoms with van der Waals surface area (Å²) in [6, 6.07) is 6.25. The Morgan fingerprint density at radius 1 is 1.31 bits per heavy atom. The van der Waals surface area contributed by atoms with E-state index >= 15 is 0 Å². The Morgan fingerprint density at radius 2 is 2.25 bits per heavy atom. The van der Waals surface area contributed by atoms with E-state index in [0.29, 0.717) is 6.10 Å². The molecule has 0 radical (unpaired) electrons. The Morgan fingerprint density at radius 3 is 3.06 bits per heavy atom. The molecule has 2 N–H and O–H groups in total. The second-order valence-electron chi connectivity index (χ2n) is 4.66. The highest BCUT2D eigenvalue weighted by Gasteiger charge is 2.19. The van der Waals surface area contributed by atoms with Crippen LogP contribution in [0.2, 0.25) is 0 Å². The van der Waals surface area contributed by atoms with Crippen molar-refractivity contribution in [3.05, 3.63) is 35.4 Å². The zero-order chi connectivity index (χ0) is 11.0. The third-order valence-corrected chi connectivity index (χ3v) is 3.49. The Kier molecular flexibility index (Phi) is 2.44. The van der Waals surface area contributed by atoms with Gasteiger partial charge in [0, 0.05) is 12.3 Å². The highest BCUT2D eigenvalue weighted by atomic mass is 16.5. The van der Waals surface area contributed by atoms with Crippen LogP contribution in [-0.4, -0.2) is 12.7 Å². The molecule has 1 heterocycles. The van der Waals surface area contributed by atoms with Crippen LogP contribution in [0.1, 0.15) is 30.4 Å². The number of allylic oxidation sites excluding steroid dienone is 1. The molecule has 0 spiro atoms. The van der Waals surface area contributed by atoms with Gasteiger partial charge in [0.05, 0.1) is 6.10 Å². The van der Waals surface area contributed by atoms with Gasteiger partial charge in [0.25, 0.3) is 0 Å². The largest absolute Gasteiger partial charge is 0.399 e. The SMILES string of the molecule is Nc1ccc2c(c1)CC/C2=C\C1CCCO1. The van der Waals surface area contributed by atoms with Crippen LogP contribution in [0.4, 0.5) is 5.69 Å². The fourth-order valence-electron chi connectivity index (χ4n) is 2.67. The monoisotopic (exact) mass is 215 g/mol. The Bertz CT molecular complexity index is 430. The van der Waals surface area contributed by atoms with Gasteiger partial charge < -0.3 is 10.5 Å². The van der Waals surface area contributed by atoms with Gasteiger partial charge >= 0.3 is 0 Å². The number of anilines is 1. The third-order valence-electron chi connectivity index (χ3n) is 3.49. The van der Waals surface area contributed by atoms with Crippen molar-refractivity contribution in [3.8, 4) is 0 Å². The third kappa shape index (κ3) is 1.74. The van der Waals surface area contributed by atoms with Gasteiger partial charge in [-0.3, -0.25) is 0 Å². The minimum absolute atomic E-state index is 0.346. The van der Waals surface area contributed by atoms with Crippen LogP contribution in [-0.2, 0) is 11.2 Å². The summed E-state index contributed by atoms with van der Waals surface area (Å²) in [6.07, 6.45) is 7.29. The fourth-order valence-corrected chi connectivity index (χ4v) is 2.67. The van der Waals surface area contributed by atoms with Crippen molar-refractivity contribution in [3.63, 3.8) is 0 Å². The van der Waals surface area contributed by atoms with Crippen LogP contribution in [0.5, 0.6) is 0 Å². The van der Waals surface area contributed by atoms with Crippen LogP contribution in [0.15, 0.2) is 24.3 Å². The minimum atomic E-state index is 0.346. The number of rotatable bonds is 1. The summed E-state index contributed by atoms with van der Waals surface area (Å²) in [6.45, 7) is 0.920. The first kappa shape index (κ1) is 9.91. The van der Waals surface area contributed by atoms with E-state index in [4.69, 9.17) is 10.5 Å².